The first-order valence-electron chi connectivity index (χ1n) is 7.70. The summed E-state index contributed by atoms with van der Waals surface area (Å²) in [5, 5.41) is 3.22. The second kappa shape index (κ2) is 5.80. The molecule has 3 atom stereocenters. The van der Waals surface area contributed by atoms with E-state index in [4.69, 9.17) is 5.73 Å². The van der Waals surface area contributed by atoms with Crippen molar-refractivity contribution in [2.75, 3.05) is 20.6 Å². The summed E-state index contributed by atoms with van der Waals surface area (Å²) in [5.74, 6) is 1.12. The Morgan fingerprint density at radius 2 is 2.16 bits per heavy atom. The van der Waals surface area contributed by atoms with E-state index in [1.807, 2.05) is 7.05 Å². The molecule has 1 amide bonds. The van der Waals surface area contributed by atoms with Crippen LogP contribution >= 0.6 is 0 Å². The molecule has 0 spiro atoms. The minimum Gasteiger partial charge on any atom is -0.368 e. The van der Waals surface area contributed by atoms with Crippen LogP contribution in [0.15, 0.2) is 0 Å². The van der Waals surface area contributed by atoms with Gasteiger partial charge in [-0.3, -0.25) is 4.79 Å². The molecule has 0 aromatic rings. The Morgan fingerprint density at radius 3 is 2.68 bits per heavy atom. The molecule has 4 heteroatoms. The van der Waals surface area contributed by atoms with Crippen LogP contribution in [0, 0.1) is 11.8 Å². The number of nitrogens with zero attached hydrogens (tertiary/aromatic N) is 1. The molecule has 0 aromatic carbocycles. The number of carbonyl (C=O) groups is 1. The Morgan fingerprint density at radius 1 is 1.47 bits per heavy atom. The maximum absolute atomic E-state index is 11.8. The molecule has 2 aliphatic rings. The van der Waals surface area contributed by atoms with Crippen LogP contribution in [-0.2, 0) is 4.79 Å². The number of rotatable bonds is 7. The van der Waals surface area contributed by atoms with Gasteiger partial charge in [-0.1, -0.05) is 6.42 Å². The smallest absolute Gasteiger partial charge is 0.238 e. The van der Waals surface area contributed by atoms with Crippen LogP contribution in [0.5, 0.6) is 0 Å². The van der Waals surface area contributed by atoms with E-state index in [0.717, 1.165) is 38.1 Å². The van der Waals surface area contributed by atoms with E-state index in [1.54, 1.807) is 0 Å². The van der Waals surface area contributed by atoms with Gasteiger partial charge in [0.1, 0.15) is 5.54 Å². The van der Waals surface area contributed by atoms with Gasteiger partial charge < -0.3 is 16.0 Å². The average molecular weight is 267 g/mol. The van der Waals surface area contributed by atoms with Gasteiger partial charge in [-0.05, 0) is 71.5 Å². The third-order valence-corrected chi connectivity index (χ3v) is 5.54. The van der Waals surface area contributed by atoms with E-state index in [-0.39, 0.29) is 5.91 Å². The molecule has 110 valence electrons. The quantitative estimate of drug-likeness (QED) is 0.732. The first kappa shape index (κ1) is 14.8. The van der Waals surface area contributed by atoms with Gasteiger partial charge in [0.25, 0.3) is 0 Å². The number of likely N-dealkylation sites (N-methyl/N-ethyl adjacent to an activating group) is 1. The molecule has 0 heterocycles. The Balaban J connectivity index is 1.88. The molecule has 2 aliphatic carbocycles. The molecule has 2 fully saturated rings. The highest BCUT2D eigenvalue weighted by Gasteiger charge is 2.46. The molecular formula is C15H29N3O. The summed E-state index contributed by atoms with van der Waals surface area (Å²) in [6, 6.07) is 0.680. The summed E-state index contributed by atoms with van der Waals surface area (Å²) < 4.78 is 0. The van der Waals surface area contributed by atoms with E-state index in [0.29, 0.717) is 12.0 Å². The Bertz CT molecular complexity index is 329. The third-order valence-electron chi connectivity index (χ3n) is 5.54. The van der Waals surface area contributed by atoms with E-state index in [9.17, 15) is 4.79 Å². The topological polar surface area (TPSA) is 58.4 Å². The van der Waals surface area contributed by atoms with Gasteiger partial charge in [-0.25, -0.2) is 0 Å². The van der Waals surface area contributed by atoms with Crippen molar-refractivity contribution in [3.8, 4) is 0 Å². The molecule has 0 aromatic heterocycles. The van der Waals surface area contributed by atoms with Gasteiger partial charge in [0, 0.05) is 6.04 Å². The van der Waals surface area contributed by atoms with Crippen molar-refractivity contribution in [1.29, 1.82) is 0 Å². The maximum Gasteiger partial charge on any atom is 0.238 e. The zero-order valence-electron chi connectivity index (χ0n) is 12.6. The number of hydrogen-bond acceptors (Lipinski definition) is 3. The standard InChI is InChI=1S/C15H29N3O/c1-11(12-6-7-12)18(3)10-8-13-5-4-9-15(13,17-2)14(16)19/h11-13,17H,4-10H2,1-3H3,(H2,16,19). The molecule has 19 heavy (non-hydrogen) atoms. The van der Waals surface area contributed by atoms with Crippen LogP contribution in [0.3, 0.4) is 0 Å². The van der Waals surface area contributed by atoms with Crippen molar-refractivity contribution >= 4 is 5.91 Å². The zero-order valence-corrected chi connectivity index (χ0v) is 12.6. The van der Waals surface area contributed by atoms with Crippen molar-refractivity contribution in [2.24, 2.45) is 17.6 Å². The highest BCUT2D eigenvalue weighted by molar-refractivity contribution is 5.85. The zero-order chi connectivity index (χ0) is 14.0. The molecule has 0 saturated heterocycles. The van der Waals surface area contributed by atoms with Crippen molar-refractivity contribution in [1.82, 2.24) is 10.2 Å². The van der Waals surface area contributed by atoms with Gasteiger partial charge in [0.15, 0.2) is 0 Å². The summed E-state index contributed by atoms with van der Waals surface area (Å²) in [7, 11) is 4.09. The summed E-state index contributed by atoms with van der Waals surface area (Å²) in [6.07, 6.45) is 6.96. The van der Waals surface area contributed by atoms with E-state index in [1.165, 1.54) is 12.8 Å². The van der Waals surface area contributed by atoms with Crippen LogP contribution in [0.25, 0.3) is 0 Å². The van der Waals surface area contributed by atoms with Crippen molar-refractivity contribution in [2.45, 2.75) is 57.0 Å². The molecule has 2 saturated carbocycles. The van der Waals surface area contributed by atoms with Crippen LogP contribution in [0.1, 0.15) is 45.4 Å². The van der Waals surface area contributed by atoms with E-state index < -0.39 is 5.54 Å². The normalized spacial score (nSPS) is 32.7. The second-order valence-electron chi connectivity index (χ2n) is 6.52. The Hall–Kier alpha value is -0.610. The number of nitrogens with one attached hydrogen (secondary N) is 1. The number of primary amides is 1. The fourth-order valence-corrected chi connectivity index (χ4v) is 3.75. The van der Waals surface area contributed by atoms with Gasteiger partial charge >= 0.3 is 0 Å². The first-order chi connectivity index (χ1) is 9.01. The van der Waals surface area contributed by atoms with Gasteiger partial charge in [0.2, 0.25) is 5.91 Å². The van der Waals surface area contributed by atoms with Crippen LogP contribution in [-0.4, -0.2) is 43.0 Å². The average Bonchev–Trinajstić information content (AvgIpc) is 3.15. The molecule has 3 N–H and O–H groups in total. The SMILES string of the molecule is CNC1(C(N)=O)CCCC1CCN(C)C(C)C1CC1. The van der Waals surface area contributed by atoms with Crippen molar-refractivity contribution < 1.29 is 4.79 Å². The van der Waals surface area contributed by atoms with Crippen LogP contribution in [0.2, 0.25) is 0 Å². The number of hydrogen-bond donors (Lipinski definition) is 2. The predicted molar refractivity (Wildman–Crippen MR) is 77.8 cm³/mol. The van der Waals surface area contributed by atoms with E-state index >= 15 is 0 Å². The lowest BCUT2D eigenvalue weighted by Crippen LogP contribution is -2.57. The molecule has 0 radical (unpaired) electrons. The predicted octanol–water partition coefficient (Wildman–Crippen LogP) is 1.35. The molecule has 0 bridgehead atoms. The van der Waals surface area contributed by atoms with Crippen LogP contribution in [0.4, 0.5) is 0 Å². The monoisotopic (exact) mass is 267 g/mol. The number of carbonyl (C=O) groups excluding carboxylic acids is 1. The van der Waals surface area contributed by atoms with Crippen LogP contribution < -0.4 is 11.1 Å². The molecule has 2 rings (SSSR count). The lowest BCUT2D eigenvalue weighted by molar-refractivity contribution is -0.125. The third kappa shape index (κ3) is 2.95. The molecule has 0 aliphatic heterocycles. The minimum atomic E-state index is -0.455. The van der Waals surface area contributed by atoms with E-state index in [2.05, 4.69) is 24.2 Å². The second-order valence-corrected chi connectivity index (χ2v) is 6.52. The molecule has 4 nitrogen and oxygen atoms in total. The maximum atomic E-state index is 11.8. The Labute approximate surface area is 117 Å². The Kier molecular flexibility index (Phi) is 4.51. The van der Waals surface area contributed by atoms with Crippen molar-refractivity contribution in [3.05, 3.63) is 0 Å². The number of nitrogens with two attached hydrogens (primary N) is 1. The highest BCUT2D eigenvalue weighted by atomic mass is 16.1. The lowest BCUT2D eigenvalue weighted by atomic mass is 9.84. The fourth-order valence-electron chi connectivity index (χ4n) is 3.75. The molecular weight excluding hydrogens is 238 g/mol. The largest absolute Gasteiger partial charge is 0.368 e. The lowest BCUT2D eigenvalue weighted by Gasteiger charge is -2.34. The highest BCUT2D eigenvalue weighted by Crippen LogP contribution is 2.39. The van der Waals surface area contributed by atoms with Gasteiger partial charge in [-0.15, -0.1) is 0 Å². The summed E-state index contributed by atoms with van der Waals surface area (Å²) >= 11 is 0. The van der Waals surface area contributed by atoms with Gasteiger partial charge in [-0.2, -0.15) is 0 Å². The molecule has 3 unspecified atom stereocenters. The summed E-state index contributed by atoms with van der Waals surface area (Å²) in [6.45, 7) is 3.39. The summed E-state index contributed by atoms with van der Waals surface area (Å²) in [4.78, 5) is 14.3. The number of amides is 1. The summed E-state index contributed by atoms with van der Waals surface area (Å²) in [5.41, 5.74) is 5.19. The fraction of sp³-hybridized carbons (Fsp3) is 0.933. The van der Waals surface area contributed by atoms with Gasteiger partial charge in [0.05, 0.1) is 0 Å². The van der Waals surface area contributed by atoms with Crippen molar-refractivity contribution in [3.63, 3.8) is 0 Å². The minimum absolute atomic E-state index is 0.171. The first-order valence-corrected chi connectivity index (χ1v) is 7.70.